The van der Waals surface area contributed by atoms with Crippen LogP contribution in [0.3, 0.4) is 0 Å². The number of phosphoric ester groups is 2. The molecule has 0 amide bonds. The highest BCUT2D eigenvalue weighted by atomic mass is 31.2. The number of carbonyl (C=O) groups is 4. The van der Waals surface area contributed by atoms with Crippen LogP contribution in [0.5, 0.6) is 0 Å². The second kappa shape index (κ2) is 66.8. The number of hydrogen-bond donors (Lipinski definition) is 3. The first kappa shape index (κ1) is 90.5. The fraction of sp³-hybridized carbons (Fsp3) is 0.892. The molecule has 548 valence electrons. The summed E-state index contributed by atoms with van der Waals surface area (Å²) in [4.78, 5) is 72.7. The van der Waals surface area contributed by atoms with Gasteiger partial charge in [0.15, 0.2) is 12.2 Å². The SMILES string of the molecule is CCCCCC/C=C\C=C/CCCCCCCC(=O)OC[C@H](COP(=O)(O)OC[C@@H](O)COP(=O)(O)OC[C@@H](COC(=O)CCCCCCCCCCC)OC(=O)CCCCCCCCCCCCCCC)OC(=O)CCCCCCCCCCCCCCCC(C)C. The van der Waals surface area contributed by atoms with Gasteiger partial charge >= 0.3 is 39.5 Å². The Morgan fingerprint density at radius 3 is 0.882 bits per heavy atom. The zero-order valence-corrected chi connectivity index (χ0v) is 61.7. The molecule has 0 radical (unpaired) electrons. The fourth-order valence-corrected chi connectivity index (χ4v) is 12.4. The Kier molecular flexibility index (Phi) is 65.0. The summed E-state index contributed by atoms with van der Waals surface area (Å²) in [5.74, 6) is -1.36. The molecule has 0 saturated heterocycles. The van der Waals surface area contributed by atoms with Gasteiger partial charge in [-0.15, -0.1) is 0 Å². The van der Waals surface area contributed by atoms with Gasteiger partial charge in [-0.25, -0.2) is 9.13 Å². The molecule has 0 aliphatic carbocycles. The summed E-state index contributed by atoms with van der Waals surface area (Å²) in [5, 5.41) is 10.6. The van der Waals surface area contributed by atoms with Crippen LogP contribution in [0.15, 0.2) is 24.3 Å². The maximum atomic E-state index is 13.1. The monoisotopic (exact) mass is 1360 g/mol. The number of aliphatic hydroxyl groups excluding tert-OH is 1. The van der Waals surface area contributed by atoms with Crippen LogP contribution < -0.4 is 0 Å². The number of allylic oxidation sites excluding steroid dienone is 4. The Balaban J connectivity index is 5.27. The van der Waals surface area contributed by atoms with Crippen molar-refractivity contribution in [1.29, 1.82) is 0 Å². The Bertz CT molecular complexity index is 1880. The van der Waals surface area contributed by atoms with Crippen molar-refractivity contribution in [3.8, 4) is 0 Å². The van der Waals surface area contributed by atoms with E-state index < -0.39 is 97.5 Å². The third-order valence-electron chi connectivity index (χ3n) is 16.7. The summed E-state index contributed by atoms with van der Waals surface area (Å²) in [7, 11) is -9.92. The van der Waals surface area contributed by atoms with Gasteiger partial charge in [-0.1, -0.05) is 309 Å². The molecule has 0 aromatic carbocycles. The Labute approximate surface area is 567 Å². The van der Waals surface area contributed by atoms with Crippen molar-refractivity contribution in [2.24, 2.45) is 5.92 Å². The second-order valence-corrected chi connectivity index (χ2v) is 29.4. The molecular formula is C74H140O17P2. The van der Waals surface area contributed by atoms with Crippen LogP contribution in [0.1, 0.15) is 362 Å². The lowest BCUT2D eigenvalue weighted by Crippen LogP contribution is -2.30. The lowest BCUT2D eigenvalue weighted by molar-refractivity contribution is -0.161. The highest BCUT2D eigenvalue weighted by Gasteiger charge is 2.30. The average molecular weight is 1360 g/mol. The van der Waals surface area contributed by atoms with Crippen LogP contribution in [0.2, 0.25) is 0 Å². The molecule has 0 fully saturated rings. The lowest BCUT2D eigenvalue weighted by Gasteiger charge is -2.21. The number of carbonyl (C=O) groups excluding carboxylic acids is 4. The van der Waals surface area contributed by atoms with E-state index in [2.05, 4.69) is 58.9 Å². The summed E-state index contributed by atoms with van der Waals surface area (Å²) in [6.07, 6.45) is 57.6. The largest absolute Gasteiger partial charge is 0.472 e. The Morgan fingerprint density at radius 1 is 0.333 bits per heavy atom. The van der Waals surface area contributed by atoms with Crippen molar-refractivity contribution in [2.45, 2.75) is 380 Å². The third-order valence-corrected chi connectivity index (χ3v) is 18.6. The number of unbranched alkanes of at least 4 members (excludes halogenated alkanes) is 41. The van der Waals surface area contributed by atoms with E-state index in [1.165, 1.54) is 167 Å². The molecule has 0 heterocycles. The molecule has 0 bridgehead atoms. The Morgan fingerprint density at radius 2 is 0.581 bits per heavy atom. The Hall–Kier alpha value is -2.46. The van der Waals surface area contributed by atoms with Gasteiger partial charge in [0.05, 0.1) is 26.4 Å². The number of ether oxygens (including phenoxy) is 4. The van der Waals surface area contributed by atoms with Crippen molar-refractivity contribution in [3.05, 3.63) is 24.3 Å². The lowest BCUT2D eigenvalue weighted by atomic mass is 10.0. The van der Waals surface area contributed by atoms with Crippen LogP contribution in [-0.4, -0.2) is 96.7 Å². The topological polar surface area (TPSA) is 237 Å². The smallest absolute Gasteiger partial charge is 0.462 e. The highest BCUT2D eigenvalue weighted by molar-refractivity contribution is 7.47. The van der Waals surface area contributed by atoms with Gasteiger partial charge in [0.2, 0.25) is 0 Å². The van der Waals surface area contributed by atoms with Gasteiger partial charge in [0.1, 0.15) is 19.3 Å². The highest BCUT2D eigenvalue weighted by Crippen LogP contribution is 2.45. The van der Waals surface area contributed by atoms with Gasteiger partial charge < -0.3 is 33.8 Å². The van der Waals surface area contributed by atoms with E-state index in [0.717, 1.165) is 115 Å². The van der Waals surface area contributed by atoms with Crippen LogP contribution >= 0.6 is 15.6 Å². The van der Waals surface area contributed by atoms with E-state index in [9.17, 15) is 43.2 Å². The predicted molar refractivity (Wildman–Crippen MR) is 377 cm³/mol. The summed E-state index contributed by atoms with van der Waals surface area (Å²) in [6.45, 7) is 7.21. The molecule has 0 spiro atoms. The van der Waals surface area contributed by atoms with Crippen LogP contribution in [0, 0.1) is 5.92 Å². The molecule has 0 rings (SSSR count). The number of hydrogen-bond acceptors (Lipinski definition) is 15. The maximum Gasteiger partial charge on any atom is 0.472 e. The van der Waals surface area contributed by atoms with E-state index in [1.54, 1.807) is 0 Å². The molecular weight excluding hydrogens is 1220 g/mol. The molecule has 93 heavy (non-hydrogen) atoms. The molecule has 0 saturated carbocycles. The van der Waals surface area contributed by atoms with Crippen molar-refractivity contribution < 1.29 is 80.2 Å². The standard InChI is InChI=1S/C74H140O17P2/c1-6-9-12-15-18-21-23-25-26-30-33-38-43-48-53-58-72(77)85-64-70(91-74(79)60-55-50-45-40-35-31-27-29-32-37-41-46-51-56-67(4)5)66-89-93(82,83)87-62-68(75)61-86-92(80,81)88-65-69(63-84-71(76)57-52-47-42-36-20-17-14-11-8-3)90-73(78)59-54-49-44-39-34-28-24-22-19-16-13-10-7-2/h21,23,25-26,67-70,75H,6-20,22,24,27-66H2,1-5H3,(H,80,81)(H,82,83)/b23-21-,26-25-/t68-,69+,70+/m0/s1. The predicted octanol–water partition coefficient (Wildman–Crippen LogP) is 21.2. The van der Waals surface area contributed by atoms with Crippen LogP contribution in [-0.2, 0) is 65.4 Å². The molecule has 19 heteroatoms. The first-order valence-electron chi connectivity index (χ1n) is 38.0. The molecule has 2 unspecified atom stereocenters. The van der Waals surface area contributed by atoms with Crippen molar-refractivity contribution in [1.82, 2.24) is 0 Å². The van der Waals surface area contributed by atoms with Gasteiger partial charge in [0, 0.05) is 25.7 Å². The molecule has 0 aromatic rings. The molecule has 17 nitrogen and oxygen atoms in total. The van der Waals surface area contributed by atoms with E-state index in [1.807, 2.05) is 0 Å². The average Bonchev–Trinajstić information content (AvgIpc) is 1.72. The summed E-state index contributed by atoms with van der Waals surface area (Å²) >= 11 is 0. The second-order valence-electron chi connectivity index (χ2n) is 26.5. The molecule has 0 aliphatic rings. The molecule has 5 atom stereocenters. The van der Waals surface area contributed by atoms with E-state index >= 15 is 0 Å². The molecule has 0 aromatic heterocycles. The normalized spacial score (nSPS) is 14.2. The van der Waals surface area contributed by atoms with Gasteiger partial charge in [-0.05, 0) is 57.3 Å². The minimum Gasteiger partial charge on any atom is -0.462 e. The first-order valence-corrected chi connectivity index (χ1v) is 40.9. The van der Waals surface area contributed by atoms with Crippen LogP contribution in [0.4, 0.5) is 0 Å². The van der Waals surface area contributed by atoms with E-state index in [0.29, 0.717) is 25.7 Å². The number of esters is 4. The number of phosphoric acid groups is 2. The third kappa shape index (κ3) is 67.9. The molecule has 3 N–H and O–H groups in total. The summed E-state index contributed by atoms with van der Waals surface area (Å²) in [5.41, 5.74) is 0. The number of rotatable bonds is 72. The van der Waals surface area contributed by atoms with E-state index in [-0.39, 0.29) is 25.7 Å². The minimum atomic E-state index is -4.96. The van der Waals surface area contributed by atoms with Gasteiger partial charge in [-0.2, -0.15) is 0 Å². The van der Waals surface area contributed by atoms with Crippen molar-refractivity contribution >= 4 is 39.5 Å². The zero-order valence-electron chi connectivity index (χ0n) is 59.9. The van der Waals surface area contributed by atoms with E-state index in [4.69, 9.17) is 37.0 Å². The van der Waals surface area contributed by atoms with Crippen molar-refractivity contribution in [3.63, 3.8) is 0 Å². The zero-order chi connectivity index (χ0) is 68.4. The fourth-order valence-electron chi connectivity index (χ4n) is 10.8. The van der Waals surface area contributed by atoms with Gasteiger partial charge in [0.25, 0.3) is 0 Å². The minimum absolute atomic E-state index is 0.101. The summed E-state index contributed by atoms with van der Waals surface area (Å²) in [6, 6.07) is 0. The number of aliphatic hydroxyl groups is 1. The summed E-state index contributed by atoms with van der Waals surface area (Å²) < 4.78 is 68.4. The molecule has 0 aliphatic heterocycles. The first-order chi connectivity index (χ1) is 45.0. The quantitative estimate of drug-likeness (QED) is 0.0169. The van der Waals surface area contributed by atoms with Crippen molar-refractivity contribution in [2.75, 3.05) is 39.6 Å². The van der Waals surface area contributed by atoms with Gasteiger partial charge in [-0.3, -0.25) is 37.3 Å². The van der Waals surface area contributed by atoms with Crippen LogP contribution in [0.25, 0.3) is 0 Å². The maximum absolute atomic E-state index is 13.1.